The van der Waals surface area contributed by atoms with E-state index in [0.717, 1.165) is 4.52 Å². The van der Waals surface area contributed by atoms with Crippen LogP contribution in [0.3, 0.4) is 0 Å². The zero-order valence-corrected chi connectivity index (χ0v) is 7.29. The van der Waals surface area contributed by atoms with Crippen LogP contribution in [0.1, 0.15) is 17.8 Å². The van der Waals surface area contributed by atoms with Crippen LogP contribution >= 0.6 is 0 Å². The summed E-state index contributed by atoms with van der Waals surface area (Å²) >= 11 is 0. The van der Waals surface area contributed by atoms with Crippen LogP contribution in [-0.4, -0.2) is 14.6 Å². The zero-order valence-electron chi connectivity index (χ0n) is 7.29. The van der Waals surface area contributed by atoms with Gasteiger partial charge in [0, 0.05) is 6.07 Å². The molecule has 0 aliphatic rings. The van der Waals surface area contributed by atoms with Crippen molar-refractivity contribution in [1.29, 1.82) is 0 Å². The Morgan fingerprint density at radius 3 is 2.86 bits per heavy atom. The van der Waals surface area contributed by atoms with Crippen molar-refractivity contribution in [3.8, 4) is 0 Å². The number of H-pyrrole nitrogens is 1. The Hall–Kier alpha value is -1.72. The molecule has 74 valence electrons. The molecule has 0 saturated carbocycles. The molecule has 0 atom stereocenters. The van der Waals surface area contributed by atoms with Crippen LogP contribution in [0, 0.1) is 6.92 Å². The first-order valence-corrected chi connectivity index (χ1v) is 3.95. The molecular formula is C8H7F2N3O. The van der Waals surface area contributed by atoms with E-state index in [1.807, 2.05) is 0 Å². The van der Waals surface area contributed by atoms with Crippen molar-refractivity contribution in [2.75, 3.05) is 0 Å². The van der Waals surface area contributed by atoms with Crippen LogP contribution in [-0.2, 0) is 0 Å². The molecule has 2 aromatic rings. The summed E-state index contributed by atoms with van der Waals surface area (Å²) in [6, 6.07) is 2.91. The maximum Gasteiger partial charge on any atom is 0.296 e. The van der Waals surface area contributed by atoms with Crippen molar-refractivity contribution in [2.45, 2.75) is 13.3 Å². The SMILES string of the molecule is Cc1cc(=O)n2[nH]c(C(F)F)nc2c1. The Morgan fingerprint density at radius 2 is 2.21 bits per heavy atom. The van der Waals surface area contributed by atoms with Gasteiger partial charge in [-0.25, -0.2) is 18.3 Å². The van der Waals surface area contributed by atoms with Gasteiger partial charge < -0.3 is 0 Å². The largest absolute Gasteiger partial charge is 0.296 e. The molecule has 0 unspecified atom stereocenters. The molecule has 0 saturated heterocycles. The Labute approximate surface area is 77.2 Å². The third-order valence-electron chi connectivity index (χ3n) is 1.83. The monoisotopic (exact) mass is 199 g/mol. The normalized spacial score (nSPS) is 11.4. The predicted octanol–water partition coefficient (Wildman–Crippen LogP) is 1.27. The minimum atomic E-state index is -2.70. The highest BCUT2D eigenvalue weighted by molar-refractivity contribution is 5.40. The van der Waals surface area contributed by atoms with Gasteiger partial charge in [0.25, 0.3) is 12.0 Å². The summed E-state index contributed by atoms with van der Waals surface area (Å²) in [5, 5.41) is 2.23. The Bertz CT molecular complexity index is 529. The highest BCUT2D eigenvalue weighted by Gasteiger charge is 2.13. The molecule has 2 heterocycles. The molecule has 0 aromatic carbocycles. The number of fused-ring (bicyclic) bond motifs is 1. The summed E-state index contributed by atoms with van der Waals surface area (Å²) in [6.45, 7) is 1.71. The van der Waals surface area contributed by atoms with Crippen molar-refractivity contribution in [2.24, 2.45) is 0 Å². The van der Waals surface area contributed by atoms with Gasteiger partial charge in [-0.3, -0.25) is 9.89 Å². The summed E-state index contributed by atoms with van der Waals surface area (Å²) < 4.78 is 25.5. The number of hydrogen-bond acceptors (Lipinski definition) is 2. The summed E-state index contributed by atoms with van der Waals surface area (Å²) in [4.78, 5) is 14.9. The number of nitrogens with one attached hydrogen (secondary N) is 1. The lowest BCUT2D eigenvalue weighted by Gasteiger charge is -1.91. The molecule has 2 rings (SSSR count). The van der Waals surface area contributed by atoms with Crippen molar-refractivity contribution in [3.05, 3.63) is 33.9 Å². The van der Waals surface area contributed by atoms with Crippen LogP contribution in [0.2, 0.25) is 0 Å². The summed E-state index contributed by atoms with van der Waals surface area (Å²) in [6.07, 6.45) is -2.70. The highest BCUT2D eigenvalue weighted by atomic mass is 19.3. The van der Waals surface area contributed by atoms with E-state index < -0.39 is 12.2 Å². The molecule has 0 bridgehead atoms. The maximum atomic E-state index is 12.2. The number of pyridine rings is 1. The fraction of sp³-hybridized carbons (Fsp3) is 0.250. The quantitative estimate of drug-likeness (QED) is 0.751. The van der Waals surface area contributed by atoms with E-state index in [9.17, 15) is 13.6 Å². The second kappa shape index (κ2) is 2.90. The average molecular weight is 199 g/mol. The van der Waals surface area contributed by atoms with Gasteiger partial charge in [-0.15, -0.1) is 0 Å². The van der Waals surface area contributed by atoms with Crippen molar-refractivity contribution < 1.29 is 8.78 Å². The molecule has 0 aliphatic carbocycles. The summed E-state index contributed by atoms with van der Waals surface area (Å²) in [7, 11) is 0. The molecule has 0 radical (unpaired) electrons. The number of aryl methyl sites for hydroxylation is 1. The van der Waals surface area contributed by atoms with Crippen molar-refractivity contribution in [3.63, 3.8) is 0 Å². The zero-order chi connectivity index (χ0) is 10.3. The number of aromatic amines is 1. The Morgan fingerprint density at radius 1 is 1.50 bits per heavy atom. The molecule has 1 N–H and O–H groups in total. The molecule has 6 heteroatoms. The average Bonchev–Trinajstić information content (AvgIpc) is 2.47. The van der Waals surface area contributed by atoms with E-state index in [1.165, 1.54) is 6.07 Å². The minimum absolute atomic E-state index is 0.213. The number of alkyl halides is 2. The third-order valence-corrected chi connectivity index (χ3v) is 1.83. The highest BCUT2D eigenvalue weighted by Crippen LogP contribution is 2.14. The lowest BCUT2D eigenvalue weighted by molar-refractivity contribution is 0.140. The van der Waals surface area contributed by atoms with Gasteiger partial charge in [0.15, 0.2) is 11.5 Å². The molecule has 0 amide bonds. The molecule has 2 aromatic heterocycles. The van der Waals surface area contributed by atoms with Crippen LogP contribution < -0.4 is 5.56 Å². The van der Waals surface area contributed by atoms with Gasteiger partial charge >= 0.3 is 0 Å². The van der Waals surface area contributed by atoms with E-state index in [-0.39, 0.29) is 11.2 Å². The number of nitrogens with zero attached hydrogens (tertiary/aromatic N) is 2. The third kappa shape index (κ3) is 1.28. The van der Waals surface area contributed by atoms with Gasteiger partial charge in [0.2, 0.25) is 0 Å². The molecule has 0 aliphatic heterocycles. The summed E-state index contributed by atoms with van der Waals surface area (Å²) in [5.74, 6) is -0.493. The first kappa shape index (κ1) is 8.86. The lowest BCUT2D eigenvalue weighted by Crippen LogP contribution is -2.12. The molecule has 4 nitrogen and oxygen atoms in total. The second-order valence-corrected chi connectivity index (χ2v) is 2.97. The maximum absolute atomic E-state index is 12.2. The smallest absolute Gasteiger partial charge is 0.271 e. The van der Waals surface area contributed by atoms with E-state index in [1.54, 1.807) is 13.0 Å². The first-order valence-electron chi connectivity index (χ1n) is 3.95. The van der Waals surface area contributed by atoms with Gasteiger partial charge in [-0.1, -0.05) is 0 Å². The molecular weight excluding hydrogens is 192 g/mol. The number of hydrogen-bond donors (Lipinski definition) is 1. The predicted molar refractivity (Wildman–Crippen MR) is 45.5 cm³/mol. The fourth-order valence-corrected chi connectivity index (χ4v) is 1.24. The lowest BCUT2D eigenvalue weighted by atomic mass is 10.3. The van der Waals surface area contributed by atoms with E-state index in [2.05, 4.69) is 10.1 Å². The Kier molecular flexibility index (Phi) is 1.83. The van der Waals surface area contributed by atoms with E-state index in [4.69, 9.17) is 0 Å². The topological polar surface area (TPSA) is 50.2 Å². The van der Waals surface area contributed by atoms with Crippen LogP contribution in [0.4, 0.5) is 8.78 Å². The molecule has 0 fully saturated rings. The molecule has 14 heavy (non-hydrogen) atoms. The summed E-state index contributed by atoms with van der Waals surface area (Å²) in [5.41, 5.74) is 0.520. The first-order chi connectivity index (χ1) is 6.58. The van der Waals surface area contributed by atoms with E-state index >= 15 is 0 Å². The molecule has 0 spiro atoms. The Balaban J connectivity index is 2.77. The van der Waals surface area contributed by atoms with Crippen molar-refractivity contribution in [1.82, 2.24) is 14.6 Å². The number of halogens is 2. The number of aromatic nitrogens is 3. The van der Waals surface area contributed by atoms with E-state index in [0.29, 0.717) is 5.56 Å². The van der Waals surface area contributed by atoms with Gasteiger partial charge in [0.05, 0.1) is 0 Å². The van der Waals surface area contributed by atoms with Crippen LogP contribution in [0.15, 0.2) is 16.9 Å². The fourth-order valence-electron chi connectivity index (χ4n) is 1.24. The second-order valence-electron chi connectivity index (χ2n) is 2.97. The van der Waals surface area contributed by atoms with Gasteiger partial charge in [-0.2, -0.15) is 0 Å². The minimum Gasteiger partial charge on any atom is -0.271 e. The van der Waals surface area contributed by atoms with Crippen LogP contribution in [0.25, 0.3) is 5.65 Å². The number of rotatable bonds is 1. The standard InChI is InChI=1S/C8H7F2N3O/c1-4-2-5-11-8(7(9)10)12-13(5)6(14)3-4/h2-3,7H,1H3,(H,11,12). The van der Waals surface area contributed by atoms with Gasteiger partial charge in [-0.05, 0) is 18.6 Å². The van der Waals surface area contributed by atoms with Crippen molar-refractivity contribution >= 4 is 5.65 Å². The van der Waals surface area contributed by atoms with Crippen LogP contribution in [0.5, 0.6) is 0 Å². The van der Waals surface area contributed by atoms with Gasteiger partial charge in [0.1, 0.15) is 0 Å².